The maximum atomic E-state index is 13.1. The van der Waals surface area contributed by atoms with Crippen molar-refractivity contribution in [3.8, 4) is 0 Å². The van der Waals surface area contributed by atoms with Gasteiger partial charge < -0.3 is 5.32 Å². The van der Waals surface area contributed by atoms with Crippen LogP contribution in [0.5, 0.6) is 0 Å². The van der Waals surface area contributed by atoms with Gasteiger partial charge in [0.15, 0.2) is 0 Å². The van der Waals surface area contributed by atoms with Crippen molar-refractivity contribution in [2.75, 3.05) is 0 Å². The van der Waals surface area contributed by atoms with Crippen molar-refractivity contribution in [2.45, 2.75) is 33.2 Å². The zero-order chi connectivity index (χ0) is 14.7. The summed E-state index contributed by atoms with van der Waals surface area (Å²) in [5, 5.41) is 3.74. The van der Waals surface area contributed by atoms with E-state index in [2.05, 4.69) is 15.3 Å². The summed E-state index contributed by atoms with van der Waals surface area (Å²) in [6, 6.07) is 1.01. The quantitative estimate of drug-likeness (QED) is 0.942. The van der Waals surface area contributed by atoms with E-state index >= 15 is 0 Å². The van der Waals surface area contributed by atoms with Crippen molar-refractivity contribution >= 4 is 17.2 Å². The molecule has 0 saturated carbocycles. The first-order chi connectivity index (χ1) is 9.51. The predicted octanol–water partition coefficient (Wildman–Crippen LogP) is 3.18. The molecule has 0 aliphatic rings. The molecule has 0 bridgehead atoms. The lowest BCUT2D eigenvalue weighted by atomic mass is 10.2. The van der Waals surface area contributed by atoms with Crippen molar-refractivity contribution in [1.29, 1.82) is 0 Å². The molecule has 2 aromatic rings. The summed E-state index contributed by atoms with van der Waals surface area (Å²) in [7, 11) is 0. The maximum absolute atomic E-state index is 13.1. The number of halogens is 1. The van der Waals surface area contributed by atoms with Crippen molar-refractivity contribution in [2.24, 2.45) is 0 Å². The molecular formula is C14H16FN3OS. The number of rotatable bonds is 4. The Kier molecular flexibility index (Phi) is 4.44. The van der Waals surface area contributed by atoms with Crippen LogP contribution in [-0.2, 0) is 0 Å². The van der Waals surface area contributed by atoms with Crippen LogP contribution < -0.4 is 5.32 Å². The predicted molar refractivity (Wildman–Crippen MR) is 76.3 cm³/mol. The van der Waals surface area contributed by atoms with E-state index in [1.54, 1.807) is 11.3 Å². The van der Waals surface area contributed by atoms with Crippen LogP contribution in [0.15, 0.2) is 18.5 Å². The Hall–Kier alpha value is -1.82. The molecule has 1 N–H and O–H groups in total. The average Bonchev–Trinajstić information content (AvgIpc) is 2.75. The van der Waals surface area contributed by atoms with Gasteiger partial charge in [-0.3, -0.25) is 9.78 Å². The Morgan fingerprint density at radius 1 is 1.45 bits per heavy atom. The summed E-state index contributed by atoms with van der Waals surface area (Å²) in [5.74, 6) is -0.860. The van der Waals surface area contributed by atoms with Gasteiger partial charge in [-0.15, -0.1) is 11.3 Å². The number of nitrogens with zero attached hydrogens (tertiary/aromatic N) is 2. The van der Waals surface area contributed by atoms with Crippen LogP contribution >= 0.6 is 11.3 Å². The molecule has 20 heavy (non-hydrogen) atoms. The standard InChI is InChI=1S/C14H16FN3OS/c1-4-12(14-17-8(2)9(3)20-14)18-13(19)10-5-11(15)7-16-6-10/h5-7,12H,4H2,1-3H3,(H,18,19)/t12-/m0/s1. The summed E-state index contributed by atoms with van der Waals surface area (Å²) < 4.78 is 13.1. The molecule has 0 aromatic carbocycles. The van der Waals surface area contributed by atoms with Crippen LogP contribution in [0.4, 0.5) is 4.39 Å². The van der Waals surface area contributed by atoms with Crippen molar-refractivity contribution in [1.82, 2.24) is 15.3 Å². The van der Waals surface area contributed by atoms with Crippen molar-refractivity contribution in [3.63, 3.8) is 0 Å². The molecule has 0 radical (unpaired) electrons. The van der Waals surface area contributed by atoms with Gasteiger partial charge in [0.05, 0.1) is 23.5 Å². The third-order valence-corrected chi connectivity index (χ3v) is 4.21. The highest BCUT2D eigenvalue weighted by Gasteiger charge is 2.18. The van der Waals surface area contributed by atoms with Crippen LogP contribution in [-0.4, -0.2) is 15.9 Å². The normalized spacial score (nSPS) is 12.2. The number of hydrogen-bond donors (Lipinski definition) is 1. The molecule has 6 heteroatoms. The molecule has 0 saturated heterocycles. The van der Waals surface area contributed by atoms with Crippen LogP contribution in [0.2, 0.25) is 0 Å². The molecule has 4 nitrogen and oxygen atoms in total. The lowest BCUT2D eigenvalue weighted by Crippen LogP contribution is -2.28. The molecule has 2 rings (SSSR count). The highest BCUT2D eigenvalue weighted by Crippen LogP contribution is 2.25. The van der Waals surface area contributed by atoms with E-state index < -0.39 is 5.82 Å². The number of hydrogen-bond acceptors (Lipinski definition) is 4. The second-order valence-electron chi connectivity index (χ2n) is 4.52. The second kappa shape index (κ2) is 6.09. The van der Waals surface area contributed by atoms with Crippen molar-refractivity contribution < 1.29 is 9.18 Å². The minimum Gasteiger partial charge on any atom is -0.343 e. The Bertz CT molecular complexity index is 607. The Morgan fingerprint density at radius 2 is 2.20 bits per heavy atom. The van der Waals surface area contributed by atoms with E-state index in [9.17, 15) is 9.18 Å². The minimum atomic E-state index is -0.522. The highest BCUT2D eigenvalue weighted by atomic mass is 32.1. The molecule has 0 spiro atoms. The average molecular weight is 293 g/mol. The zero-order valence-corrected chi connectivity index (χ0v) is 12.4. The second-order valence-corrected chi connectivity index (χ2v) is 5.75. The highest BCUT2D eigenvalue weighted by molar-refractivity contribution is 7.11. The first-order valence-electron chi connectivity index (χ1n) is 6.36. The van der Waals surface area contributed by atoms with Crippen LogP contribution in [0.3, 0.4) is 0 Å². The number of carbonyl (C=O) groups is 1. The number of carbonyl (C=O) groups excluding carboxylic acids is 1. The molecule has 0 aliphatic carbocycles. The molecule has 106 valence electrons. The van der Waals surface area contributed by atoms with E-state index in [0.717, 1.165) is 28.2 Å². The molecule has 2 heterocycles. The largest absolute Gasteiger partial charge is 0.343 e. The minimum absolute atomic E-state index is 0.164. The summed E-state index contributed by atoms with van der Waals surface area (Å²) in [6.07, 6.45) is 3.14. The van der Waals surface area contributed by atoms with Crippen LogP contribution in [0.25, 0.3) is 0 Å². The van der Waals surface area contributed by atoms with Gasteiger partial charge in [0.25, 0.3) is 5.91 Å². The zero-order valence-electron chi connectivity index (χ0n) is 11.6. The van der Waals surface area contributed by atoms with Crippen LogP contribution in [0.1, 0.15) is 45.3 Å². The number of nitrogens with one attached hydrogen (secondary N) is 1. The summed E-state index contributed by atoms with van der Waals surface area (Å²) in [5.41, 5.74) is 1.19. The van der Waals surface area contributed by atoms with E-state index in [4.69, 9.17) is 0 Å². The van der Waals surface area contributed by atoms with E-state index in [0.29, 0.717) is 0 Å². The number of aryl methyl sites for hydroxylation is 2. The van der Waals surface area contributed by atoms with Gasteiger partial charge in [-0.1, -0.05) is 6.92 Å². The monoisotopic (exact) mass is 293 g/mol. The first kappa shape index (κ1) is 14.6. The number of amides is 1. The third-order valence-electron chi connectivity index (χ3n) is 3.02. The topological polar surface area (TPSA) is 54.9 Å². The number of pyridine rings is 1. The van der Waals surface area contributed by atoms with Gasteiger partial charge in [0.2, 0.25) is 0 Å². The van der Waals surface area contributed by atoms with Gasteiger partial charge in [0.1, 0.15) is 10.8 Å². The molecule has 1 amide bonds. The summed E-state index contributed by atoms with van der Waals surface area (Å²) >= 11 is 1.57. The molecule has 0 unspecified atom stereocenters. The van der Waals surface area contributed by atoms with Gasteiger partial charge in [-0.25, -0.2) is 9.37 Å². The van der Waals surface area contributed by atoms with E-state index in [1.165, 1.54) is 12.3 Å². The third kappa shape index (κ3) is 3.19. The lowest BCUT2D eigenvalue weighted by Gasteiger charge is -2.14. The van der Waals surface area contributed by atoms with E-state index in [1.807, 2.05) is 20.8 Å². The lowest BCUT2D eigenvalue weighted by molar-refractivity contribution is 0.0934. The van der Waals surface area contributed by atoms with Gasteiger partial charge in [0, 0.05) is 11.1 Å². The first-order valence-corrected chi connectivity index (χ1v) is 7.18. The Balaban J connectivity index is 2.16. The fourth-order valence-corrected chi connectivity index (χ4v) is 2.82. The molecular weight excluding hydrogens is 277 g/mol. The fraction of sp³-hybridized carbons (Fsp3) is 0.357. The Morgan fingerprint density at radius 3 is 2.75 bits per heavy atom. The maximum Gasteiger partial charge on any atom is 0.253 e. The SMILES string of the molecule is CC[C@H](NC(=O)c1cncc(F)c1)c1nc(C)c(C)s1. The van der Waals surface area contributed by atoms with Crippen LogP contribution in [0, 0.1) is 19.7 Å². The van der Waals surface area contributed by atoms with Crippen molar-refractivity contribution in [3.05, 3.63) is 45.4 Å². The number of thiazole rings is 1. The molecule has 1 atom stereocenters. The summed E-state index contributed by atoms with van der Waals surface area (Å²) in [6.45, 7) is 5.92. The molecule has 0 aliphatic heterocycles. The van der Waals surface area contributed by atoms with Gasteiger partial charge >= 0.3 is 0 Å². The Labute approximate surface area is 121 Å². The summed E-state index contributed by atoms with van der Waals surface area (Å²) in [4.78, 5) is 21.4. The number of aromatic nitrogens is 2. The van der Waals surface area contributed by atoms with Gasteiger partial charge in [-0.2, -0.15) is 0 Å². The van der Waals surface area contributed by atoms with Gasteiger partial charge in [-0.05, 0) is 26.3 Å². The smallest absolute Gasteiger partial charge is 0.253 e. The fourth-order valence-electron chi connectivity index (χ4n) is 1.76. The van der Waals surface area contributed by atoms with E-state index in [-0.39, 0.29) is 17.5 Å². The molecule has 2 aromatic heterocycles. The molecule has 0 fully saturated rings.